The maximum atomic E-state index is 13.9. The van der Waals surface area contributed by atoms with Gasteiger partial charge in [0.15, 0.2) is 5.82 Å². The minimum atomic E-state index is -0.370. The van der Waals surface area contributed by atoms with Gasteiger partial charge in [-0.3, -0.25) is 14.9 Å². The number of carbonyl (C=O) groups is 1. The van der Waals surface area contributed by atoms with Gasteiger partial charge in [-0.1, -0.05) is 36.4 Å². The van der Waals surface area contributed by atoms with Gasteiger partial charge in [0.1, 0.15) is 17.3 Å². The number of rotatable bonds is 3. The van der Waals surface area contributed by atoms with Crippen LogP contribution in [0.5, 0.6) is 11.5 Å². The van der Waals surface area contributed by atoms with E-state index in [9.17, 15) is 4.79 Å². The smallest absolute Gasteiger partial charge is 0.234 e. The van der Waals surface area contributed by atoms with Crippen molar-refractivity contribution in [3.63, 3.8) is 0 Å². The number of ether oxygens (including phenoxy) is 1. The molecule has 2 aliphatic heterocycles. The van der Waals surface area contributed by atoms with Crippen molar-refractivity contribution in [2.24, 2.45) is 0 Å². The number of nitrogens with zero attached hydrogens (tertiary/aromatic N) is 4. The van der Waals surface area contributed by atoms with Gasteiger partial charge in [0.05, 0.1) is 5.92 Å². The number of hydrogen-bond acceptors (Lipinski definition) is 5. The highest BCUT2D eigenvalue weighted by molar-refractivity contribution is 5.89. The number of aromatic amines is 1. The molecule has 164 valence electrons. The van der Waals surface area contributed by atoms with E-state index in [0.29, 0.717) is 12.4 Å². The van der Waals surface area contributed by atoms with Crippen LogP contribution in [0.4, 0.5) is 0 Å². The average molecular weight is 438 g/mol. The van der Waals surface area contributed by atoms with E-state index in [-0.39, 0.29) is 17.7 Å². The monoisotopic (exact) mass is 437 g/mol. The van der Waals surface area contributed by atoms with E-state index < -0.39 is 0 Å². The number of hydrogen-bond donors (Lipinski definition) is 1. The summed E-state index contributed by atoms with van der Waals surface area (Å²) >= 11 is 0. The molecule has 0 unspecified atom stereocenters. The molecule has 1 fully saturated rings. The molecule has 0 bridgehead atoms. The lowest BCUT2D eigenvalue weighted by Gasteiger charge is -2.36. The number of H-pyrrole nitrogens is 1. The Bertz CT molecular complexity index is 1260. The zero-order valence-electron chi connectivity index (χ0n) is 18.0. The molecule has 1 atom stereocenters. The number of likely N-dealkylation sites (tertiary alicyclic amines) is 1. The normalized spacial score (nSPS) is 17.7. The summed E-state index contributed by atoms with van der Waals surface area (Å²) in [5, 5.41) is 7.48. The van der Waals surface area contributed by atoms with Gasteiger partial charge >= 0.3 is 0 Å². The minimum absolute atomic E-state index is 0.106. The highest BCUT2D eigenvalue weighted by Gasteiger charge is 2.37. The Kier molecular flexibility index (Phi) is 4.87. The minimum Gasteiger partial charge on any atom is -0.457 e. The fourth-order valence-electron chi connectivity index (χ4n) is 4.84. The van der Waals surface area contributed by atoms with Gasteiger partial charge in [-0.25, -0.2) is 4.98 Å². The van der Waals surface area contributed by atoms with Crippen molar-refractivity contribution < 1.29 is 9.53 Å². The van der Waals surface area contributed by atoms with Crippen LogP contribution >= 0.6 is 0 Å². The molecule has 6 rings (SSSR count). The Morgan fingerprint density at radius 2 is 1.76 bits per heavy atom. The lowest BCUT2D eigenvalue weighted by Crippen LogP contribution is -2.42. The number of aromatic nitrogens is 4. The first-order valence-corrected chi connectivity index (χ1v) is 11.2. The van der Waals surface area contributed by atoms with Crippen molar-refractivity contribution in [3.05, 3.63) is 90.0 Å². The van der Waals surface area contributed by atoms with Crippen LogP contribution in [0.1, 0.15) is 41.6 Å². The molecule has 7 heteroatoms. The summed E-state index contributed by atoms with van der Waals surface area (Å²) in [5.74, 6) is 2.80. The van der Waals surface area contributed by atoms with E-state index in [4.69, 9.17) is 9.72 Å². The van der Waals surface area contributed by atoms with Crippen molar-refractivity contribution in [3.8, 4) is 22.9 Å². The predicted molar refractivity (Wildman–Crippen MR) is 123 cm³/mol. The fraction of sp³-hybridized carbons (Fsp3) is 0.231. The van der Waals surface area contributed by atoms with Crippen molar-refractivity contribution in [2.75, 3.05) is 13.1 Å². The zero-order valence-corrected chi connectivity index (χ0v) is 18.0. The van der Waals surface area contributed by atoms with Gasteiger partial charge in [0.2, 0.25) is 5.91 Å². The molecule has 7 nitrogen and oxygen atoms in total. The molecule has 4 aromatic rings. The highest BCUT2D eigenvalue weighted by Crippen LogP contribution is 2.45. The first-order valence-electron chi connectivity index (χ1n) is 11.2. The predicted octanol–water partition coefficient (Wildman–Crippen LogP) is 4.51. The van der Waals surface area contributed by atoms with E-state index in [0.717, 1.165) is 53.4 Å². The molecule has 0 saturated carbocycles. The van der Waals surface area contributed by atoms with E-state index >= 15 is 0 Å². The van der Waals surface area contributed by atoms with Gasteiger partial charge in [-0.2, -0.15) is 5.10 Å². The van der Waals surface area contributed by atoms with Gasteiger partial charge in [-0.15, -0.1) is 0 Å². The van der Waals surface area contributed by atoms with Crippen LogP contribution in [0.15, 0.2) is 73.1 Å². The van der Waals surface area contributed by atoms with Crippen LogP contribution in [0.2, 0.25) is 0 Å². The number of carbonyl (C=O) groups excluding carboxylic acids is 1. The Hall–Kier alpha value is -4.00. The molecule has 0 aliphatic carbocycles. The number of piperidine rings is 1. The highest BCUT2D eigenvalue weighted by atomic mass is 16.5. The number of pyridine rings is 1. The lowest BCUT2D eigenvalue weighted by molar-refractivity contribution is -0.133. The molecule has 2 aliphatic rings. The summed E-state index contributed by atoms with van der Waals surface area (Å²) in [7, 11) is 0. The maximum Gasteiger partial charge on any atom is 0.234 e. The molecule has 1 saturated heterocycles. The molecule has 2 aromatic carbocycles. The fourth-order valence-corrected chi connectivity index (χ4v) is 4.84. The molecule has 1 amide bonds. The van der Waals surface area contributed by atoms with Crippen molar-refractivity contribution in [1.29, 1.82) is 0 Å². The summed E-state index contributed by atoms with van der Waals surface area (Å²) in [5.41, 5.74) is 2.71. The van der Waals surface area contributed by atoms with Gasteiger partial charge in [0.25, 0.3) is 0 Å². The van der Waals surface area contributed by atoms with Crippen LogP contribution in [-0.4, -0.2) is 44.1 Å². The number of nitrogens with one attached hydrogen (secondary N) is 1. The second-order valence-electron chi connectivity index (χ2n) is 8.52. The summed E-state index contributed by atoms with van der Waals surface area (Å²) < 4.78 is 6.08. The second-order valence-corrected chi connectivity index (χ2v) is 8.52. The van der Waals surface area contributed by atoms with Crippen molar-refractivity contribution in [1.82, 2.24) is 25.1 Å². The third-order valence-electron chi connectivity index (χ3n) is 6.47. The SMILES string of the molecule is O=C(C1c2ccccc2Oc2ccccc21)N1CCC[C@H](c2nc(-c3cccnc3)n[nH]2)C1. The molecule has 1 N–H and O–H groups in total. The Morgan fingerprint density at radius 3 is 2.48 bits per heavy atom. The van der Waals surface area contributed by atoms with Gasteiger partial charge in [0, 0.05) is 48.1 Å². The van der Waals surface area contributed by atoms with Crippen molar-refractivity contribution in [2.45, 2.75) is 24.7 Å². The quantitative estimate of drug-likeness (QED) is 0.510. The average Bonchev–Trinajstić information content (AvgIpc) is 3.38. The summed E-state index contributed by atoms with van der Waals surface area (Å²) in [6, 6.07) is 19.5. The van der Waals surface area contributed by atoms with Crippen molar-refractivity contribution >= 4 is 5.91 Å². The van der Waals surface area contributed by atoms with Gasteiger partial charge in [-0.05, 0) is 37.1 Å². The lowest BCUT2D eigenvalue weighted by atomic mass is 9.85. The van der Waals surface area contributed by atoms with Crippen LogP contribution in [-0.2, 0) is 4.79 Å². The largest absolute Gasteiger partial charge is 0.457 e. The second kappa shape index (κ2) is 8.16. The van der Waals surface area contributed by atoms with E-state index in [1.807, 2.05) is 65.6 Å². The number of fused-ring (bicyclic) bond motifs is 2. The Balaban J connectivity index is 1.28. The summed E-state index contributed by atoms with van der Waals surface area (Å²) in [6.45, 7) is 1.35. The van der Waals surface area contributed by atoms with Crippen LogP contribution in [0.25, 0.3) is 11.4 Å². The molecular formula is C26H23N5O2. The first-order chi connectivity index (χ1) is 16.3. The van der Waals surface area contributed by atoms with Crippen LogP contribution in [0.3, 0.4) is 0 Å². The third kappa shape index (κ3) is 3.55. The summed E-state index contributed by atoms with van der Waals surface area (Å²) in [6.07, 6.45) is 5.37. The Labute approximate surface area is 191 Å². The van der Waals surface area contributed by atoms with Gasteiger partial charge < -0.3 is 9.64 Å². The zero-order chi connectivity index (χ0) is 22.2. The Morgan fingerprint density at radius 1 is 1.00 bits per heavy atom. The molecule has 0 radical (unpaired) electrons. The number of amides is 1. The van der Waals surface area contributed by atoms with Crippen LogP contribution in [0, 0.1) is 0 Å². The standard InChI is InChI=1S/C26H23N5O2/c32-26(23-19-9-1-3-11-21(19)33-22-12-4-2-10-20(22)23)31-14-6-8-18(16-31)25-28-24(29-30-25)17-7-5-13-27-15-17/h1-5,7,9-13,15,18,23H,6,8,14,16H2,(H,28,29,30)/t18-/m0/s1. The molecular weight excluding hydrogens is 414 g/mol. The van der Waals surface area contributed by atoms with Crippen LogP contribution < -0.4 is 4.74 Å². The van der Waals surface area contributed by atoms with E-state index in [1.54, 1.807) is 12.4 Å². The number of benzene rings is 2. The maximum absolute atomic E-state index is 13.9. The number of para-hydroxylation sites is 2. The van der Waals surface area contributed by atoms with E-state index in [1.165, 1.54) is 0 Å². The third-order valence-corrected chi connectivity index (χ3v) is 6.47. The first kappa shape index (κ1) is 19.7. The van der Waals surface area contributed by atoms with E-state index in [2.05, 4.69) is 15.2 Å². The summed E-state index contributed by atoms with van der Waals surface area (Å²) in [4.78, 5) is 24.7. The topological polar surface area (TPSA) is 84.0 Å². The molecule has 0 spiro atoms. The molecule has 33 heavy (non-hydrogen) atoms. The molecule has 2 aromatic heterocycles. The molecule has 4 heterocycles.